The first-order chi connectivity index (χ1) is 10.4. The minimum Gasteiger partial charge on any atom is -0.354 e. The number of amides is 2. The largest absolute Gasteiger partial charge is 0.354 e. The highest BCUT2D eigenvalue weighted by molar-refractivity contribution is 5.94. The van der Waals surface area contributed by atoms with Crippen LogP contribution in [0.5, 0.6) is 0 Å². The molecule has 0 spiro atoms. The molecule has 2 amide bonds. The fourth-order valence-electron chi connectivity index (χ4n) is 2.03. The number of benzene rings is 1. The summed E-state index contributed by atoms with van der Waals surface area (Å²) in [5.41, 5.74) is 5.46. The van der Waals surface area contributed by atoms with E-state index < -0.39 is 5.54 Å². The Morgan fingerprint density at radius 1 is 1.17 bits per heavy atom. The van der Waals surface area contributed by atoms with Gasteiger partial charge in [-0.2, -0.15) is 0 Å². The second-order valence-electron chi connectivity index (χ2n) is 5.54. The van der Waals surface area contributed by atoms with Crippen molar-refractivity contribution < 1.29 is 14.0 Å². The van der Waals surface area contributed by atoms with Crippen molar-refractivity contribution in [1.82, 2.24) is 10.6 Å². The average Bonchev–Trinajstić information content (AvgIpc) is 2.47. The minimum absolute atomic E-state index is 0. The standard InChI is InChI=1S/C16H24FN3O2.ClH/c1-3-9-16(2,18)15(22)20-11-4-10-19-14(21)12-5-7-13(17)8-6-12;/h5-8H,3-4,9-11,18H2,1-2H3,(H,19,21)(H,20,22);1H. The van der Waals surface area contributed by atoms with Crippen LogP contribution in [0.1, 0.15) is 43.5 Å². The highest BCUT2D eigenvalue weighted by Gasteiger charge is 2.26. The summed E-state index contributed by atoms with van der Waals surface area (Å²) in [5.74, 6) is -0.823. The van der Waals surface area contributed by atoms with E-state index in [0.717, 1.165) is 6.42 Å². The molecule has 0 saturated carbocycles. The molecule has 0 saturated heterocycles. The molecule has 1 unspecified atom stereocenters. The number of hydrogen-bond acceptors (Lipinski definition) is 3. The normalized spacial score (nSPS) is 12.7. The van der Waals surface area contributed by atoms with E-state index in [2.05, 4.69) is 10.6 Å². The predicted molar refractivity (Wildman–Crippen MR) is 91.1 cm³/mol. The lowest BCUT2D eigenvalue weighted by atomic mass is 9.96. The maximum absolute atomic E-state index is 12.7. The molecular formula is C16H25ClFN3O2. The van der Waals surface area contributed by atoms with E-state index in [4.69, 9.17) is 5.73 Å². The molecule has 0 heterocycles. The first-order valence-corrected chi connectivity index (χ1v) is 7.48. The fraction of sp³-hybridized carbons (Fsp3) is 0.500. The Balaban J connectivity index is 0.00000484. The van der Waals surface area contributed by atoms with Crippen LogP contribution in [0.3, 0.4) is 0 Å². The van der Waals surface area contributed by atoms with Crippen LogP contribution < -0.4 is 16.4 Å². The second kappa shape index (κ2) is 10.2. The summed E-state index contributed by atoms with van der Waals surface area (Å²) in [6.45, 7) is 4.55. The molecule has 0 bridgehead atoms. The predicted octanol–water partition coefficient (Wildman–Crippen LogP) is 2.00. The van der Waals surface area contributed by atoms with Gasteiger partial charge in [0.2, 0.25) is 5.91 Å². The Labute approximate surface area is 142 Å². The lowest BCUT2D eigenvalue weighted by molar-refractivity contribution is -0.126. The minimum atomic E-state index is -0.855. The Hall–Kier alpha value is -1.66. The quantitative estimate of drug-likeness (QED) is 0.630. The van der Waals surface area contributed by atoms with Crippen molar-refractivity contribution in [3.05, 3.63) is 35.6 Å². The molecule has 7 heteroatoms. The van der Waals surface area contributed by atoms with Crippen LogP contribution in [0, 0.1) is 5.82 Å². The molecule has 0 aliphatic carbocycles. The first kappa shape index (κ1) is 21.3. The monoisotopic (exact) mass is 345 g/mol. The van der Waals surface area contributed by atoms with Crippen molar-refractivity contribution in [1.29, 1.82) is 0 Å². The van der Waals surface area contributed by atoms with Crippen LogP contribution in [-0.2, 0) is 4.79 Å². The van der Waals surface area contributed by atoms with Crippen molar-refractivity contribution in [3.8, 4) is 0 Å². The lowest BCUT2D eigenvalue weighted by Crippen LogP contribution is -2.51. The number of carbonyl (C=O) groups is 2. The topological polar surface area (TPSA) is 84.2 Å². The van der Waals surface area contributed by atoms with Crippen LogP contribution in [0.15, 0.2) is 24.3 Å². The molecule has 0 fully saturated rings. The molecule has 23 heavy (non-hydrogen) atoms. The molecule has 0 aliphatic rings. The van der Waals surface area contributed by atoms with Gasteiger partial charge >= 0.3 is 0 Å². The maximum Gasteiger partial charge on any atom is 0.251 e. The average molecular weight is 346 g/mol. The summed E-state index contributed by atoms with van der Waals surface area (Å²) in [5, 5.41) is 5.48. The zero-order valence-electron chi connectivity index (χ0n) is 13.5. The Kier molecular flexibility index (Phi) is 9.44. The summed E-state index contributed by atoms with van der Waals surface area (Å²) >= 11 is 0. The number of halogens is 2. The fourth-order valence-corrected chi connectivity index (χ4v) is 2.03. The van der Waals surface area contributed by atoms with Crippen molar-refractivity contribution in [2.45, 2.75) is 38.6 Å². The van der Waals surface area contributed by atoms with E-state index in [0.29, 0.717) is 31.5 Å². The van der Waals surface area contributed by atoms with Crippen LogP contribution in [0.25, 0.3) is 0 Å². The van der Waals surface area contributed by atoms with Crippen molar-refractivity contribution in [3.63, 3.8) is 0 Å². The third-order valence-corrected chi connectivity index (χ3v) is 3.32. The Morgan fingerprint density at radius 2 is 1.74 bits per heavy atom. The van der Waals surface area contributed by atoms with E-state index in [1.165, 1.54) is 24.3 Å². The first-order valence-electron chi connectivity index (χ1n) is 7.48. The summed E-state index contributed by atoms with van der Waals surface area (Å²) in [6, 6.07) is 5.34. The molecule has 130 valence electrons. The summed E-state index contributed by atoms with van der Waals surface area (Å²) in [7, 11) is 0. The van der Waals surface area contributed by atoms with Gasteiger partial charge in [-0.25, -0.2) is 4.39 Å². The number of carbonyl (C=O) groups excluding carboxylic acids is 2. The van der Waals surface area contributed by atoms with Crippen LogP contribution in [0.4, 0.5) is 4.39 Å². The number of nitrogens with one attached hydrogen (secondary N) is 2. The van der Waals surface area contributed by atoms with Gasteiger partial charge in [0, 0.05) is 18.7 Å². The molecule has 0 aliphatic heterocycles. The van der Waals surface area contributed by atoms with Gasteiger partial charge in [0.05, 0.1) is 5.54 Å². The molecule has 1 aromatic rings. The molecule has 1 atom stereocenters. The van der Waals surface area contributed by atoms with Gasteiger partial charge in [-0.3, -0.25) is 9.59 Å². The Morgan fingerprint density at radius 3 is 2.30 bits per heavy atom. The molecule has 1 rings (SSSR count). The van der Waals surface area contributed by atoms with Gasteiger partial charge < -0.3 is 16.4 Å². The van der Waals surface area contributed by atoms with E-state index >= 15 is 0 Å². The van der Waals surface area contributed by atoms with Gasteiger partial charge in [-0.05, 0) is 44.0 Å². The zero-order valence-corrected chi connectivity index (χ0v) is 14.3. The molecule has 0 aromatic heterocycles. The highest BCUT2D eigenvalue weighted by Crippen LogP contribution is 2.08. The molecule has 4 N–H and O–H groups in total. The van der Waals surface area contributed by atoms with Crippen LogP contribution in [-0.4, -0.2) is 30.4 Å². The smallest absolute Gasteiger partial charge is 0.251 e. The number of rotatable bonds is 8. The van der Waals surface area contributed by atoms with E-state index in [9.17, 15) is 14.0 Å². The van der Waals surface area contributed by atoms with Gasteiger partial charge in [0.15, 0.2) is 0 Å². The highest BCUT2D eigenvalue weighted by atomic mass is 35.5. The van der Waals surface area contributed by atoms with Gasteiger partial charge in [-0.15, -0.1) is 12.4 Å². The van der Waals surface area contributed by atoms with Crippen molar-refractivity contribution in [2.24, 2.45) is 5.73 Å². The zero-order chi connectivity index (χ0) is 16.6. The van der Waals surface area contributed by atoms with Crippen molar-refractivity contribution in [2.75, 3.05) is 13.1 Å². The molecule has 1 aromatic carbocycles. The van der Waals surface area contributed by atoms with Crippen LogP contribution in [0.2, 0.25) is 0 Å². The third-order valence-electron chi connectivity index (χ3n) is 3.32. The summed E-state index contributed by atoms with van der Waals surface area (Å²) in [6.07, 6.45) is 2.06. The SMILES string of the molecule is CCCC(C)(N)C(=O)NCCCNC(=O)c1ccc(F)cc1.Cl. The number of nitrogens with two attached hydrogens (primary N) is 1. The van der Waals surface area contributed by atoms with Gasteiger partial charge in [0.1, 0.15) is 5.82 Å². The molecule has 0 radical (unpaired) electrons. The Bertz CT molecular complexity index is 507. The van der Waals surface area contributed by atoms with E-state index in [-0.39, 0.29) is 30.0 Å². The van der Waals surface area contributed by atoms with Gasteiger partial charge in [-0.1, -0.05) is 13.3 Å². The van der Waals surface area contributed by atoms with Gasteiger partial charge in [0.25, 0.3) is 5.91 Å². The van der Waals surface area contributed by atoms with Crippen LogP contribution >= 0.6 is 12.4 Å². The second-order valence-corrected chi connectivity index (χ2v) is 5.54. The lowest BCUT2D eigenvalue weighted by Gasteiger charge is -2.22. The van der Waals surface area contributed by atoms with E-state index in [1.54, 1.807) is 6.92 Å². The molecular weight excluding hydrogens is 321 g/mol. The third kappa shape index (κ3) is 7.43. The van der Waals surface area contributed by atoms with Crippen molar-refractivity contribution >= 4 is 24.2 Å². The van der Waals surface area contributed by atoms with E-state index in [1.807, 2.05) is 6.92 Å². The summed E-state index contributed by atoms with van der Waals surface area (Å²) in [4.78, 5) is 23.6. The molecule has 5 nitrogen and oxygen atoms in total. The number of hydrogen-bond donors (Lipinski definition) is 3. The summed E-state index contributed by atoms with van der Waals surface area (Å²) < 4.78 is 12.7. The maximum atomic E-state index is 12.7.